The molecule has 0 bridgehead atoms. The molecule has 1 aliphatic heterocycles. The Balaban J connectivity index is 1.82. The molecule has 1 saturated heterocycles. The van der Waals surface area contributed by atoms with E-state index in [9.17, 15) is 13.2 Å². The lowest BCUT2D eigenvalue weighted by Crippen LogP contribution is -2.37. The Hall–Kier alpha value is -2.50. The van der Waals surface area contributed by atoms with Crippen LogP contribution in [-0.2, 0) is 32.5 Å². The van der Waals surface area contributed by atoms with Gasteiger partial charge in [-0.1, -0.05) is 12.1 Å². The second kappa shape index (κ2) is 8.67. The van der Waals surface area contributed by atoms with Gasteiger partial charge in [-0.25, -0.2) is 18.4 Å². The fraction of sp³-hybridized carbons (Fsp3) is 0.471. The van der Waals surface area contributed by atoms with Crippen molar-refractivity contribution in [2.45, 2.75) is 31.3 Å². The van der Waals surface area contributed by atoms with Crippen molar-refractivity contribution in [1.82, 2.24) is 10.1 Å². The van der Waals surface area contributed by atoms with Crippen LogP contribution >= 0.6 is 0 Å². The van der Waals surface area contributed by atoms with Gasteiger partial charge in [-0.2, -0.15) is 4.98 Å². The number of hydrogen-bond donors (Lipinski definition) is 1. The van der Waals surface area contributed by atoms with Crippen LogP contribution in [0.25, 0.3) is 0 Å². The minimum Gasteiger partial charge on any atom is -0.452 e. The molecule has 0 radical (unpaired) electrons. The number of ether oxygens (including phenoxy) is 2. The summed E-state index contributed by atoms with van der Waals surface area (Å²) in [5.74, 6) is 0.00772. The Morgan fingerprint density at radius 2 is 2.07 bits per heavy atom. The van der Waals surface area contributed by atoms with Crippen LogP contribution in [0.15, 0.2) is 27.6 Å². The number of morpholine rings is 1. The lowest BCUT2D eigenvalue weighted by Gasteiger charge is -2.30. The van der Waals surface area contributed by atoms with Crippen molar-refractivity contribution in [3.05, 3.63) is 35.5 Å². The van der Waals surface area contributed by atoms with E-state index in [1.165, 1.54) is 12.1 Å². The van der Waals surface area contributed by atoms with Gasteiger partial charge < -0.3 is 18.9 Å². The lowest BCUT2D eigenvalue weighted by atomic mass is 10.1. The highest BCUT2D eigenvalue weighted by Gasteiger charge is 2.23. The molecule has 0 amide bonds. The topological polar surface area (TPSA) is 138 Å². The maximum Gasteiger partial charge on any atom is 0.340 e. The zero-order chi connectivity index (χ0) is 20.1. The Morgan fingerprint density at radius 1 is 1.32 bits per heavy atom. The number of esters is 1. The minimum absolute atomic E-state index is 0.0988. The second-order valence-electron chi connectivity index (χ2n) is 6.25. The first kappa shape index (κ1) is 20.2. The van der Waals surface area contributed by atoms with E-state index in [-0.39, 0.29) is 23.0 Å². The molecule has 1 aromatic heterocycles. The van der Waals surface area contributed by atoms with Gasteiger partial charge in [0.2, 0.25) is 10.0 Å². The number of nitrogens with zero attached hydrogens (tertiary/aromatic N) is 3. The Labute approximate surface area is 162 Å². The molecule has 28 heavy (non-hydrogen) atoms. The van der Waals surface area contributed by atoms with Crippen molar-refractivity contribution in [3.63, 3.8) is 0 Å². The summed E-state index contributed by atoms with van der Waals surface area (Å²) >= 11 is 0. The van der Waals surface area contributed by atoms with Crippen LogP contribution in [-0.4, -0.2) is 50.8 Å². The summed E-state index contributed by atoms with van der Waals surface area (Å²) in [6.07, 6.45) is 1.52. The highest BCUT2D eigenvalue weighted by atomic mass is 32.2. The van der Waals surface area contributed by atoms with Crippen molar-refractivity contribution < 1.29 is 27.2 Å². The number of aryl methyl sites for hydroxylation is 1. The molecule has 1 aliphatic rings. The molecule has 0 unspecified atom stereocenters. The van der Waals surface area contributed by atoms with Gasteiger partial charge in [0.05, 0.1) is 29.4 Å². The summed E-state index contributed by atoms with van der Waals surface area (Å²) in [7, 11) is -3.97. The molecule has 3 rings (SSSR count). The molecule has 2 heterocycles. The van der Waals surface area contributed by atoms with Crippen molar-refractivity contribution in [2.75, 3.05) is 31.2 Å². The van der Waals surface area contributed by atoms with Gasteiger partial charge in [0.15, 0.2) is 12.4 Å². The summed E-state index contributed by atoms with van der Waals surface area (Å²) in [6.45, 7) is 3.93. The highest BCUT2D eigenvalue weighted by molar-refractivity contribution is 7.89. The van der Waals surface area contributed by atoms with E-state index in [1.54, 1.807) is 6.07 Å². The van der Waals surface area contributed by atoms with E-state index in [4.69, 9.17) is 19.1 Å². The van der Waals surface area contributed by atoms with Gasteiger partial charge in [-0.05, 0) is 24.6 Å². The Bertz CT molecular complexity index is 937. The van der Waals surface area contributed by atoms with E-state index in [0.717, 1.165) is 6.42 Å². The molecule has 0 spiro atoms. The van der Waals surface area contributed by atoms with Gasteiger partial charge in [0.25, 0.3) is 5.89 Å². The van der Waals surface area contributed by atoms with Crippen LogP contribution in [0, 0.1) is 0 Å². The molecular weight excluding hydrogens is 388 g/mol. The molecule has 1 aromatic carbocycles. The predicted molar refractivity (Wildman–Crippen MR) is 98.3 cm³/mol. The maximum absolute atomic E-state index is 12.7. The van der Waals surface area contributed by atoms with Crippen molar-refractivity contribution in [2.24, 2.45) is 5.14 Å². The van der Waals surface area contributed by atoms with Crippen molar-refractivity contribution >= 4 is 21.7 Å². The smallest absolute Gasteiger partial charge is 0.340 e. The summed E-state index contributed by atoms with van der Waals surface area (Å²) in [6, 6.07) is 4.14. The van der Waals surface area contributed by atoms with Crippen LogP contribution in [0.4, 0.5) is 5.69 Å². The quantitative estimate of drug-likeness (QED) is 0.659. The number of benzene rings is 1. The zero-order valence-electron chi connectivity index (χ0n) is 15.5. The van der Waals surface area contributed by atoms with Crippen LogP contribution < -0.4 is 10.0 Å². The molecule has 0 saturated carbocycles. The monoisotopic (exact) mass is 410 g/mol. The summed E-state index contributed by atoms with van der Waals surface area (Å²) < 4.78 is 39.0. The molecule has 0 aliphatic carbocycles. The SMILES string of the molecule is CCCc1noc(COC(=O)c2cc(S(N)(=O)=O)ccc2N2CCOCC2)n1. The van der Waals surface area contributed by atoms with E-state index < -0.39 is 16.0 Å². The number of nitrogens with two attached hydrogens (primary N) is 1. The fourth-order valence-electron chi connectivity index (χ4n) is 2.81. The average molecular weight is 410 g/mol. The molecule has 2 aromatic rings. The normalized spacial score (nSPS) is 14.9. The van der Waals surface area contributed by atoms with Crippen LogP contribution in [0.5, 0.6) is 0 Å². The van der Waals surface area contributed by atoms with Gasteiger partial charge in [-0.15, -0.1) is 0 Å². The molecule has 1 fully saturated rings. The maximum atomic E-state index is 12.7. The van der Waals surface area contributed by atoms with Gasteiger partial charge in [0, 0.05) is 19.5 Å². The van der Waals surface area contributed by atoms with Crippen LogP contribution in [0.2, 0.25) is 0 Å². The number of aromatic nitrogens is 2. The summed E-state index contributed by atoms with van der Waals surface area (Å²) in [5, 5.41) is 9.00. The number of anilines is 1. The van der Waals surface area contributed by atoms with Crippen LogP contribution in [0.3, 0.4) is 0 Å². The molecule has 10 nitrogen and oxygen atoms in total. The molecule has 152 valence electrons. The average Bonchev–Trinajstić information content (AvgIpc) is 3.13. The largest absolute Gasteiger partial charge is 0.452 e. The fourth-order valence-corrected chi connectivity index (χ4v) is 3.35. The number of carbonyl (C=O) groups excluding carboxylic acids is 1. The standard InChI is InChI=1S/C17H22N4O6S/c1-2-3-15-19-16(27-20-15)11-26-17(22)13-10-12(28(18,23)24)4-5-14(13)21-6-8-25-9-7-21/h4-5,10H,2-3,6-9,11H2,1H3,(H2,18,23,24). The van der Waals surface area contributed by atoms with Crippen molar-refractivity contribution in [3.8, 4) is 0 Å². The third-order valence-corrected chi connectivity index (χ3v) is 5.09. The van der Waals surface area contributed by atoms with Crippen molar-refractivity contribution in [1.29, 1.82) is 0 Å². The third kappa shape index (κ3) is 4.86. The van der Waals surface area contributed by atoms with E-state index >= 15 is 0 Å². The van der Waals surface area contributed by atoms with Gasteiger partial charge >= 0.3 is 5.97 Å². The number of sulfonamides is 1. The zero-order valence-corrected chi connectivity index (χ0v) is 16.3. The number of rotatable bonds is 7. The third-order valence-electron chi connectivity index (χ3n) is 4.18. The first-order valence-electron chi connectivity index (χ1n) is 8.86. The van der Waals surface area contributed by atoms with E-state index in [0.29, 0.717) is 44.2 Å². The first-order valence-corrected chi connectivity index (χ1v) is 10.4. The molecule has 0 atom stereocenters. The van der Waals surface area contributed by atoms with E-state index in [2.05, 4.69) is 10.1 Å². The Kier molecular flexibility index (Phi) is 6.27. The van der Waals surface area contributed by atoms with E-state index in [1.807, 2.05) is 11.8 Å². The minimum atomic E-state index is -3.97. The predicted octanol–water partition coefficient (Wildman–Crippen LogP) is 0.863. The van der Waals surface area contributed by atoms with Gasteiger partial charge in [0.1, 0.15) is 0 Å². The molecule has 11 heteroatoms. The number of carbonyl (C=O) groups is 1. The molecule has 2 N–H and O–H groups in total. The first-order chi connectivity index (χ1) is 13.4. The highest BCUT2D eigenvalue weighted by Crippen LogP contribution is 2.26. The molecular formula is C17H22N4O6S. The summed E-state index contributed by atoms with van der Waals surface area (Å²) in [4.78, 5) is 18.6. The second-order valence-corrected chi connectivity index (χ2v) is 7.82. The Morgan fingerprint density at radius 3 is 2.75 bits per heavy atom. The van der Waals surface area contributed by atoms with Crippen LogP contribution in [0.1, 0.15) is 35.4 Å². The summed E-state index contributed by atoms with van der Waals surface area (Å²) in [5.41, 5.74) is 0.652. The number of hydrogen-bond acceptors (Lipinski definition) is 9. The lowest BCUT2D eigenvalue weighted by molar-refractivity contribution is 0.0429. The van der Waals surface area contributed by atoms with Gasteiger partial charge in [-0.3, -0.25) is 0 Å². The number of primary sulfonamides is 1.